The van der Waals surface area contributed by atoms with Crippen LogP contribution in [-0.2, 0) is 16.6 Å². The molecule has 1 aliphatic heterocycles. The summed E-state index contributed by atoms with van der Waals surface area (Å²) in [6.07, 6.45) is 3.31. The molecular weight excluding hydrogens is 326 g/mol. The molecule has 6 nitrogen and oxygen atoms in total. The van der Waals surface area contributed by atoms with Crippen molar-refractivity contribution in [2.45, 2.75) is 26.3 Å². The number of carbonyl (C=O) groups is 1. The van der Waals surface area contributed by atoms with Crippen LogP contribution in [-0.4, -0.2) is 62.5 Å². The van der Waals surface area contributed by atoms with Gasteiger partial charge in [0.25, 0.3) is 5.91 Å². The van der Waals surface area contributed by atoms with E-state index in [0.717, 1.165) is 38.0 Å². The second-order valence-corrected chi connectivity index (χ2v) is 8.23. The number of nitrogens with zero attached hydrogens (tertiary/aromatic N) is 2. The van der Waals surface area contributed by atoms with Crippen molar-refractivity contribution >= 4 is 15.9 Å². The summed E-state index contributed by atoms with van der Waals surface area (Å²) in [5, 5.41) is 2.91. The molecule has 0 unspecified atom stereocenters. The van der Waals surface area contributed by atoms with E-state index in [9.17, 15) is 13.2 Å². The van der Waals surface area contributed by atoms with Gasteiger partial charge in [-0.15, -0.1) is 0 Å². The molecule has 1 aromatic carbocycles. The Kier molecular flexibility index (Phi) is 6.77. The van der Waals surface area contributed by atoms with Crippen LogP contribution in [0.1, 0.15) is 35.7 Å². The number of carbonyl (C=O) groups excluding carboxylic acids is 1. The maximum Gasteiger partial charge on any atom is 0.251 e. The summed E-state index contributed by atoms with van der Waals surface area (Å²) >= 11 is 0. The van der Waals surface area contributed by atoms with Crippen molar-refractivity contribution in [3.63, 3.8) is 0 Å². The molecule has 1 heterocycles. The molecule has 0 aliphatic carbocycles. The second kappa shape index (κ2) is 8.60. The zero-order valence-corrected chi connectivity index (χ0v) is 15.3. The van der Waals surface area contributed by atoms with Gasteiger partial charge < -0.3 is 5.32 Å². The number of hydrogen-bond acceptors (Lipinski definition) is 4. The number of piperazine rings is 1. The van der Waals surface area contributed by atoms with E-state index < -0.39 is 10.0 Å². The first-order valence-corrected chi connectivity index (χ1v) is 10.3. The first-order valence-electron chi connectivity index (χ1n) is 8.44. The van der Waals surface area contributed by atoms with Crippen molar-refractivity contribution in [3.8, 4) is 0 Å². The van der Waals surface area contributed by atoms with Crippen LogP contribution in [0, 0.1) is 0 Å². The Morgan fingerprint density at radius 2 is 1.75 bits per heavy atom. The van der Waals surface area contributed by atoms with E-state index in [4.69, 9.17) is 0 Å². The third-order valence-corrected chi connectivity index (χ3v) is 5.54. The van der Waals surface area contributed by atoms with Crippen LogP contribution in [0.15, 0.2) is 24.3 Å². The largest absolute Gasteiger partial charge is 0.352 e. The van der Waals surface area contributed by atoms with Crippen LogP contribution in [0.5, 0.6) is 0 Å². The Labute approximate surface area is 144 Å². The van der Waals surface area contributed by atoms with Gasteiger partial charge >= 0.3 is 0 Å². The van der Waals surface area contributed by atoms with Gasteiger partial charge in [-0.05, 0) is 24.1 Å². The van der Waals surface area contributed by atoms with Crippen molar-refractivity contribution in [1.29, 1.82) is 0 Å². The fourth-order valence-electron chi connectivity index (χ4n) is 2.72. The minimum absolute atomic E-state index is 0.0308. The average molecular weight is 353 g/mol. The maximum absolute atomic E-state index is 12.0. The Hall–Kier alpha value is -1.44. The third-order valence-electron chi connectivity index (χ3n) is 4.24. The highest BCUT2D eigenvalue weighted by Crippen LogP contribution is 2.12. The zero-order chi connectivity index (χ0) is 17.6. The first kappa shape index (κ1) is 18.9. The highest BCUT2D eigenvalue weighted by Gasteiger charge is 2.23. The van der Waals surface area contributed by atoms with E-state index in [1.165, 1.54) is 10.6 Å². The van der Waals surface area contributed by atoms with Gasteiger partial charge in [0.2, 0.25) is 10.0 Å². The van der Waals surface area contributed by atoms with Crippen LogP contribution in [0.25, 0.3) is 0 Å². The smallest absolute Gasteiger partial charge is 0.251 e. The van der Waals surface area contributed by atoms with Crippen molar-refractivity contribution in [1.82, 2.24) is 14.5 Å². The molecule has 2 rings (SSSR count). The molecule has 0 spiro atoms. The molecule has 0 radical (unpaired) electrons. The van der Waals surface area contributed by atoms with E-state index in [0.29, 0.717) is 25.2 Å². The number of unbranched alkanes of at least 4 members (excludes halogenated alkanes) is 1. The molecule has 1 N–H and O–H groups in total. The molecule has 0 saturated carbocycles. The quantitative estimate of drug-likeness (QED) is 0.750. The number of sulfonamides is 1. The molecule has 134 valence electrons. The second-order valence-electron chi connectivity index (χ2n) is 6.24. The van der Waals surface area contributed by atoms with Crippen LogP contribution in [0.4, 0.5) is 0 Å². The number of benzene rings is 1. The highest BCUT2D eigenvalue weighted by molar-refractivity contribution is 7.88. The van der Waals surface area contributed by atoms with E-state index in [-0.39, 0.29) is 5.91 Å². The normalized spacial score (nSPS) is 16.9. The van der Waals surface area contributed by atoms with E-state index in [2.05, 4.69) is 17.1 Å². The van der Waals surface area contributed by atoms with Crippen LogP contribution in [0.2, 0.25) is 0 Å². The molecule has 1 aromatic rings. The van der Waals surface area contributed by atoms with Crippen molar-refractivity contribution in [3.05, 3.63) is 35.4 Å². The van der Waals surface area contributed by atoms with Crippen molar-refractivity contribution in [2.75, 3.05) is 39.0 Å². The summed E-state index contributed by atoms with van der Waals surface area (Å²) in [6.45, 7) is 6.11. The fraction of sp³-hybridized carbons (Fsp3) is 0.588. The standard InChI is InChI=1S/C17H27N3O3S/c1-3-4-9-18-17(21)16-7-5-15(6-8-16)14-19-10-12-20(13-11-19)24(2,22)23/h5-8H,3-4,9-14H2,1-2H3,(H,18,21). The zero-order valence-electron chi connectivity index (χ0n) is 14.5. The Balaban J connectivity index is 1.83. The van der Waals surface area contributed by atoms with E-state index >= 15 is 0 Å². The Morgan fingerprint density at radius 1 is 1.12 bits per heavy atom. The molecule has 24 heavy (non-hydrogen) atoms. The minimum atomic E-state index is -3.08. The van der Waals surface area contributed by atoms with Crippen molar-refractivity contribution in [2.24, 2.45) is 0 Å². The number of hydrogen-bond donors (Lipinski definition) is 1. The van der Waals surface area contributed by atoms with Crippen molar-refractivity contribution < 1.29 is 13.2 Å². The van der Waals surface area contributed by atoms with Gasteiger partial charge in [-0.2, -0.15) is 4.31 Å². The summed E-state index contributed by atoms with van der Waals surface area (Å²) in [6, 6.07) is 7.64. The monoisotopic (exact) mass is 353 g/mol. The molecule has 0 bridgehead atoms. The number of nitrogens with one attached hydrogen (secondary N) is 1. The lowest BCUT2D eigenvalue weighted by molar-refractivity contribution is 0.0953. The van der Waals surface area contributed by atoms with E-state index in [1.807, 2.05) is 24.3 Å². The molecule has 1 fully saturated rings. The first-order chi connectivity index (χ1) is 11.4. The van der Waals surface area contributed by atoms with Gasteiger partial charge in [-0.1, -0.05) is 25.5 Å². The lowest BCUT2D eigenvalue weighted by atomic mass is 10.1. The van der Waals surface area contributed by atoms with Gasteiger partial charge in [-0.3, -0.25) is 9.69 Å². The molecule has 0 atom stereocenters. The SMILES string of the molecule is CCCCNC(=O)c1ccc(CN2CCN(S(C)(=O)=O)CC2)cc1. The summed E-state index contributed by atoms with van der Waals surface area (Å²) in [7, 11) is -3.08. The maximum atomic E-state index is 12.0. The van der Waals surface area contributed by atoms with E-state index in [1.54, 1.807) is 0 Å². The average Bonchev–Trinajstić information content (AvgIpc) is 2.55. The minimum Gasteiger partial charge on any atom is -0.352 e. The molecular formula is C17H27N3O3S. The lowest BCUT2D eigenvalue weighted by Gasteiger charge is -2.33. The Bertz CT molecular complexity index is 636. The van der Waals surface area contributed by atoms with Gasteiger partial charge in [-0.25, -0.2) is 8.42 Å². The fourth-order valence-corrected chi connectivity index (χ4v) is 3.55. The molecule has 1 saturated heterocycles. The number of amides is 1. The van der Waals surface area contributed by atoms with Gasteiger partial charge in [0.1, 0.15) is 0 Å². The summed E-state index contributed by atoms with van der Waals surface area (Å²) in [5.74, 6) is -0.0308. The molecule has 0 aromatic heterocycles. The third kappa shape index (κ3) is 5.58. The predicted octanol–water partition coefficient (Wildman–Crippen LogP) is 1.29. The topological polar surface area (TPSA) is 69.7 Å². The van der Waals surface area contributed by atoms with Crippen LogP contribution < -0.4 is 5.32 Å². The summed E-state index contributed by atoms with van der Waals surface area (Å²) in [5.41, 5.74) is 1.81. The lowest BCUT2D eigenvalue weighted by Crippen LogP contribution is -2.47. The summed E-state index contributed by atoms with van der Waals surface area (Å²) in [4.78, 5) is 14.2. The van der Waals surface area contributed by atoms with Crippen LogP contribution in [0.3, 0.4) is 0 Å². The Morgan fingerprint density at radius 3 is 2.29 bits per heavy atom. The molecule has 1 aliphatic rings. The predicted molar refractivity (Wildman–Crippen MR) is 95.4 cm³/mol. The summed E-state index contributed by atoms with van der Waals surface area (Å²) < 4.78 is 24.6. The van der Waals surface area contributed by atoms with Gasteiger partial charge in [0.15, 0.2) is 0 Å². The number of rotatable bonds is 7. The molecule has 7 heteroatoms. The highest BCUT2D eigenvalue weighted by atomic mass is 32.2. The molecule has 1 amide bonds. The van der Waals surface area contributed by atoms with Crippen LogP contribution >= 0.6 is 0 Å². The van der Waals surface area contributed by atoms with Gasteiger partial charge in [0.05, 0.1) is 6.26 Å². The van der Waals surface area contributed by atoms with Gasteiger partial charge in [0, 0.05) is 44.8 Å².